The molecular weight excluding hydrogens is 158 g/mol. The largest absolute Gasteiger partial charge is 0.391 e. The lowest BCUT2D eigenvalue weighted by Crippen LogP contribution is -2.21. The predicted molar refractivity (Wildman–Crippen MR) is 47.7 cm³/mol. The monoisotopic (exact) mass is 171 g/mol. The van der Waals surface area contributed by atoms with Gasteiger partial charge in [-0.2, -0.15) is 0 Å². The van der Waals surface area contributed by atoms with Gasteiger partial charge in [-0.05, 0) is 26.0 Å². The number of nitrogens with two attached hydrogens (primary N) is 1. The third kappa shape index (κ3) is 2.02. The van der Waals surface area contributed by atoms with E-state index in [1.54, 1.807) is 18.3 Å². The fraction of sp³-hybridized carbons (Fsp3) is 0.500. The molecule has 2 atom stereocenters. The summed E-state index contributed by atoms with van der Waals surface area (Å²) in [5, 5.41) is 9.17. The molecule has 1 aromatic heterocycles. The van der Waals surface area contributed by atoms with Crippen molar-refractivity contribution in [3.8, 4) is 0 Å². The molecule has 0 spiro atoms. The lowest BCUT2D eigenvalue weighted by Gasteiger charge is -2.11. The van der Waals surface area contributed by atoms with Gasteiger partial charge in [-0.25, -0.2) is 0 Å². The summed E-state index contributed by atoms with van der Waals surface area (Å²) in [7, 11) is 0. The first-order valence-electron chi connectivity index (χ1n) is 3.61. The second kappa shape index (κ2) is 3.34. The first kappa shape index (κ1) is 8.71. The number of hydrogen-bond donors (Lipinski definition) is 2. The van der Waals surface area contributed by atoms with E-state index in [2.05, 4.69) is 0 Å². The molecule has 2 nitrogen and oxygen atoms in total. The van der Waals surface area contributed by atoms with Gasteiger partial charge < -0.3 is 10.8 Å². The fourth-order valence-corrected chi connectivity index (χ4v) is 1.85. The van der Waals surface area contributed by atoms with Gasteiger partial charge in [0.2, 0.25) is 0 Å². The average Bonchev–Trinajstić information content (AvgIpc) is 2.34. The molecule has 11 heavy (non-hydrogen) atoms. The molecule has 0 aromatic carbocycles. The standard InChI is InChI=1S/C8H13NOS/c1-5-3-4-7(11-5)8(9)6(2)10/h3-4,6,8,10H,9H2,1-2H3/t6-,8+/m1/s1. The van der Waals surface area contributed by atoms with Crippen molar-refractivity contribution in [2.45, 2.75) is 26.0 Å². The van der Waals surface area contributed by atoms with E-state index in [1.807, 2.05) is 19.1 Å². The highest BCUT2D eigenvalue weighted by Gasteiger charge is 2.12. The van der Waals surface area contributed by atoms with Crippen LogP contribution in [0.1, 0.15) is 22.7 Å². The third-order valence-electron chi connectivity index (χ3n) is 1.61. The molecule has 0 radical (unpaired) electrons. The number of thiophene rings is 1. The Morgan fingerprint density at radius 3 is 2.55 bits per heavy atom. The summed E-state index contributed by atoms with van der Waals surface area (Å²) in [5.74, 6) is 0. The minimum absolute atomic E-state index is 0.228. The maximum absolute atomic E-state index is 9.17. The Bertz CT molecular complexity index is 232. The van der Waals surface area contributed by atoms with Gasteiger partial charge in [-0.15, -0.1) is 11.3 Å². The summed E-state index contributed by atoms with van der Waals surface area (Å²) in [6.07, 6.45) is -0.465. The molecule has 1 aromatic rings. The quantitative estimate of drug-likeness (QED) is 0.707. The molecule has 3 heteroatoms. The van der Waals surface area contributed by atoms with Crippen LogP contribution in [-0.4, -0.2) is 11.2 Å². The van der Waals surface area contributed by atoms with Gasteiger partial charge in [0, 0.05) is 9.75 Å². The van der Waals surface area contributed by atoms with E-state index in [-0.39, 0.29) is 6.04 Å². The summed E-state index contributed by atoms with van der Waals surface area (Å²) in [6.45, 7) is 3.74. The van der Waals surface area contributed by atoms with E-state index in [4.69, 9.17) is 10.8 Å². The zero-order chi connectivity index (χ0) is 8.43. The van der Waals surface area contributed by atoms with Crippen molar-refractivity contribution >= 4 is 11.3 Å². The van der Waals surface area contributed by atoms with Gasteiger partial charge in [0.25, 0.3) is 0 Å². The van der Waals surface area contributed by atoms with E-state index >= 15 is 0 Å². The number of aryl methyl sites for hydroxylation is 1. The van der Waals surface area contributed by atoms with Crippen LogP contribution in [0.5, 0.6) is 0 Å². The first-order chi connectivity index (χ1) is 5.11. The van der Waals surface area contributed by atoms with Gasteiger partial charge in [-0.1, -0.05) is 0 Å². The van der Waals surface area contributed by atoms with Crippen LogP contribution in [0.2, 0.25) is 0 Å². The Balaban J connectivity index is 2.76. The van der Waals surface area contributed by atoms with Crippen molar-refractivity contribution in [3.63, 3.8) is 0 Å². The molecule has 3 N–H and O–H groups in total. The Morgan fingerprint density at radius 2 is 2.18 bits per heavy atom. The Morgan fingerprint density at radius 1 is 1.55 bits per heavy atom. The molecule has 0 saturated carbocycles. The molecule has 0 fully saturated rings. The molecule has 0 amide bonds. The van der Waals surface area contributed by atoms with Crippen molar-refractivity contribution in [2.24, 2.45) is 5.73 Å². The number of rotatable bonds is 2. The molecule has 1 heterocycles. The SMILES string of the molecule is Cc1ccc([C@@H](N)[C@@H](C)O)s1. The second-order valence-corrected chi connectivity index (χ2v) is 4.03. The summed E-state index contributed by atoms with van der Waals surface area (Å²) in [5.41, 5.74) is 5.71. The molecule has 0 saturated heterocycles. The highest BCUT2D eigenvalue weighted by atomic mass is 32.1. The minimum Gasteiger partial charge on any atom is -0.391 e. The summed E-state index contributed by atoms with van der Waals surface area (Å²) in [4.78, 5) is 2.29. The first-order valence-corrected chi connectivity index (χ1v) is 4.43. The van der Waals surface area contributed by atoms with Crippen LogP contribution in [0, 0.1) is 6.92 Å². The van der Waals surface area contributed by atoms with Crippen molar-refractivity contribution in [1.82, 2.24) is 0 Å². The van der Waals surface area contributed by atoms with Crippen molar-refractivity contribution in [2.75, 3.05) is 0 Å². The minimum atomic E-state index is -0.465. The van der Waals surface area contributed by atoms with Crippen LogP contribution in [0.4, 0.5) is 0 Å². The smallest absolute Gasteiger partial charge is 0.0712 e. The molecule has 0 bridgehead atoms. The van der Waals surface area contributed by atoms with Crippen LogP contribution in [-0.2, 0) is 0 Å². The Kier molecular flexibility index (Phi) is 2.65. The van der Waals surface area contributed by atoms with Crippen LogP contribution < -0.4 is 5.73 Å². The van der Waals surface area contributed by atoms with Gasteiger partial charge in [-0.3, -0.25) is 0 Å². The van der Waals surface area contributed by atoms with E-state index in [0.717, 1.165) is 4.88 Å². The van der Waals surface area contributed by atoms with Crippen molar-refractivity contribution in [1.29, 1.82) is 0 Å². The normalized spacial score (nSPS) is 16.4. The average molecular weight is 171 g/mol. The maximum Gasteiger partial charge on any atom is 0.0712 e. The zero-order valence-corrected chi connectivity index (χ0v) is 7.56. The van der Waals surface area contributed by atoms with E-state index in [9.17, 15) is 0 Å². The summed E-state index contributed by atoms with van der Waals surface area (Å²) < 4.78 is 0. The van der Waals surface area contributed by atoms with E-state index in [1.165, 1.54) is 4.88 Å². The van der Waals surface area contributed by atoms with Crippen LogP contribution in [0.15, 0.2) is 12.1 Å². The third-order valence-corrected chi connectivity index (χ3v) is 2.71. The fourth-order valence-electron chi connectivity index (χ4n) is 0.870. The van der Waals surface area contributed by atoms with E-state index < -0.39 is 6.10 Å². The van der Waals surface area contributed by atoms with E-state index in [0.29, 0.717) is 0 Å². The van der Waals surface area contributed by atoms with Gasteiger partial charge in [0.1, 0.15) is 0 Å². The Labute approximate surface area is 70.7 Å². The summed E-state index contributed by atoms with van der Waals surface area (Å²) in [6, 6.07) is 3.76. The summed E-state index contributed by atoms with van der Waals surface area (Å²) >= 11 is 1.64. The predicted octanol–water partition coefficient (Wildman–Crippen LogP) is 1.44. The number of aliphatic hydroxyl groups is 1. The number of hydrogen-bond acceptors (Lipinski definition) is 3. The highest BCUT2D eigenvalue weighted by Crippen LogP contribution is 2.22. The van der Waals surface area contributed by atoms with Gasteiger partial charge >= 0.3 is 0 Å². The maximum atomic E-state index is 9.17. The topological polar surface area (TPSA) is 46.2 Å². The van der Waals surface area contributed by atoms with Crippen molar-refractivity contribution < 1.29 is 5.11 Å². The van der Waals surface area contributed by atoms with Crippen LogP contribution >= 0.6 is 11.3 Å². The molecule has 0 aliphatic heterocycles. The lowest BCUT2D eigenvalue weighted by molar-refractivity contribution is 0.165. The lowest BCUT2D eigenvalue weighted by atomic mass is 10.1. The van der Waals surface area contributed by atoms with Gasteiger partial charge in [0.05, 0.1) is 12.1 Å². The molecule has 1 rings (SSSR count). The van der Waals surface area contributed by atoms with Crippen LogP contribution in [0.25, 0.3) is 0 Å². The second-order valence-electron chi connectivity index (χ2n) is 2.71. The van der Waals surface area contributed by atoms with Crippen LogP contribution in [0.3, 0.4) is 0 Å². The zero-order valence-electron chi connectivity index (χ0n) is 6.74. The molecular formula is C8H13NOS. The Hall–Kier alpha value is -0.380. The molecule has 0 aliphatic carbocycles. The van der Waals surface area contributed by atoms with Gasteiger partial charge in [0.15, 0.2) is 0 Å². The number of aliphatic hydroxyl groups excluding tert-OH is 1. The molecule has 0 unspecified atom stereocenters. The van der Waals surface area contributed by atoms with Crippen molar-refractivity contribution in [3.05, 3.63) is 21.9 Å². The molecule has 0 aliphatic rings. The molecule has 62 valence electrons. The highest BCUT2D eigenvalue weighted by molar-refractivity contribution is 7.12.